The van der Waals surface area contributed by atoms with E-state index in [2.05, 4.69) is 31.6 Å². The number of rotatable bonds is 21. The number of unbranched alkanes of at least 4 members (excludes halogenated alkanes) is 1. The lowest BCUT2D eigenvalue weighted by molar-refractivity contribution is 0.0944. The Balaban J connectivity index is 0.000000332. The molecular weight excluding hydrogens is 698 g/mol. The van der Waals surface area contributed by atoms with Gasteiger partial charge in [0.25, 0.3) is 5.91 Å². The number of aliphatic hydroxyl groups excluding tert-OH is 1. The molecule has 0 atom stereocenters. The molecule has 4 aromatic rings. The van der Waals surface area contributed by atoms with Crippen molar-refractivity contribution in [2.24, 2.45) is 0 Å². The molecule has 13 nitrogen and oxygen atoms in total. The second kappa shape index (κ2) is 24.0. The predicted molar refractivity (Wildman–Crippen MR) is 210 cm³/mol. The van der Waals surface area contributed by atoms with E-state index in [1.54, 1.807) is 43.3 Å². The monoisotopic (exact) mass is 753 g/mol. The molecule has 0 saturated carbocycles. The van der Waals surface area contributed by atoms with Crippen molar-refractivity contribution in [1.29, 1.82) is 0 Å². The van der Waals surface area contributed by atoms with E-state index in [1.807, 2.05) is 42.5 Å². The highest BCUT2D eigenvalue weighted by atomic mass is 35.5. The number of aromatic hydroxyl groups is 2. The number of aliphatic hydroxyl groups is 1. The number of hydrogen-bond donors (Lipinski definition) is 8. The maximum absolute atomic E-state index is 11.8. The normalized spacial score (nSPS) is 11.9. The number of halogens is 1. The Kier molecular flexibility index (Phi) is 19.5. The second-order valence-electron chi connectivity index (χ2n) is 12.5. The Morgan fingerprint density at radius 1 is 0.736 bits per heavy atom. The minimum atomic E-state index is -0.125. The number of phenolic OH excluding ortho intramolecular Hbond substituents is 2. The van der Waals surface area contributed by atoms with Crippen LogP contribution in [-0.2, 0) is 26.2 Å². The van der Waals surface area contributed by atoms with E-state index >= 15 is 0 Å². The van der Waals surface area contributed by atoms with Crippen LogP contribution >= 0.6 is 12.4 Å². The fraction of sp³-hybridized carbons (Fsp3) is 0.436. The van der Waals surface area contributed by atoms with Crippen molar-refractivity contribution in [2.75, 3.05) is 60.0 Å². The average Bonchev–Trinajstić information content (AvgIpc) is 3.56. The molecule has 0 saturated heterocycles. The van der Waals surface area contributed by atoms with Gasteiger partial charge in [-0.2, -0.15) is 0 Å². The molecule has 2 aromatic carbocycles. The summed E-state index contributed by atoms with van der Waals surface area (Å²) in [4.78, 5) is 15.8. The van der Waals surface area contributed by atoms with Crippen molar-refractivity contribution in [3.63, 3.8) is 0 Å². The number of fused-ring (bicyclic) bond motifs is 1. The summed E-state index contributed by atoms with van der Waals surface area (Å²) in [6, 6.07) is 16.4. The van der Waals surface area contributed by atoms with Gasteiger partial charge in [-0.1, -0.05) is 12.1 Å². The van der Waals surface area contributed by atoms with E-state index in [4.69, 9.17) is 9.47 Å². The number of phenols is 2. The van der Waals surface area contributed by atoms with Crippen molar-refractivity contribution >= 4 is 18.3 Å². The molecule has 0 aliphatic carbocycles. The number of methoxy groups -OCH3 is 2. The summed E-state index contributed by atoms with van der Waals surface area (Å²) in [6.07, 6.45) is 8.65. The zero-order valence-electron chi connectivity index (χ0n) is 30.8. The van der Waals surface area contributed by atoms with Crippen LogP contribution in [0.1, 0.15) is 52.9 Å². The summed E-state index contributed by atoms with van der Waals surface area (Å²) in [5.41, 5.74) is 5.55. The first-order chi connectivity index (χ1) is 25.4. The second-order valence-corrected chi connectivity index (χ2v) is 12.5. The standard InChI is InChI=1S/C26H42N4O4.C13H13N3O2.ClH/c1-33-25-17-21(7-9-23(25)31)19-29-15-5-13-27-11-3-4-12-28-14-6-16-30-20-22-8-10-24(32)26(18-22)34-2;17-8-16-11-3-6-15-13(18)10(11)7-12(16)9-1-4-14-5-2-9;/h7-10,17-18,27-32H,3-6,11-16,19-20H2,1-2H3;1-2,4-5,7,17H,3,6,8H2,(H,15,18);1H. The molecule has 0 fully saturated rings. The van der Waals surface area contributed by atoms with Gasteiger partial charge in [0.15, 0.2) is 23.0 Å². The number of ether oxygens (including phenoxy) is 2. The first-order valence-electron chi connectivity index (χ1n) is 18.0. The Morgan fingerprint density at radius 3 is 1.75 bits per heavy atom. The van der Waals surface area contributed by atoms with E-state index in [9.17, 15) is 20.1 Å². The molecule has 0 unspecified atom stereocenters. The van der Waals surface area contributed by atoms with Gasteiger partial charge in [-0.15, -0.1) is 12.4 Å². The minimum Gasteiger partial charge on any atom is -0.504 e. The van der Waals surface area contributed by atoms with Crippen LogP contribution in [0.15, 0.2) is 67.0 Å². The van der Waals surface area contributed by atoms with Crippen LogP contribution in [0.3, 0.4) is 0 Å². The number of carbonyl (C=O) groups excluding carboxylic acids is 1. The van der Waals surface area contributed by atoms with Crippen molar-refractivity contribution in [3.05, 3.63) is 89.4 Å². The molecule has 53 heavy (non-hydrogen) atoms. The van der Waals surface area contributed by atoms with Gasteiger partial charge >= 0.3 is 0 Å². The molecule has 1 aliphatic rings. The summed E-state index contributed by atoms with van der Waals surface area (Å²) in [6.45, 7) is 8.05. The summed E-state index contributed by atoms with van der Waals surface area (Å²) in [5, 5.41) is 45.4. The van der Waals surface area contributed by atoms with E-state index in [-0.39, 0.29) is 36.5 Å². The number of carbonyl (C=O) groups is 1. The molecule has 1 amide bonds. The lowest BCUT2D eigenvalue weighted by Crippen LogP contribution is -2.32. The fourth-order valence-corrected chi connectivity index (χ4v) is 5.92. The van der Waals surface area contributed by atoms with Gasteiger partial charge in [-0.05, 0) is 119 Å². The summed E-state index contributed by atoms with van der Waals surface area (Å²) < 4.78 is 12.0. The Bertz CT molecular complexity index is 1590. The highest BCUT2D eigenvalue weighted by molar-refractivity contribution is 5.98. The number of nitrogens with one attached hydrogen (secondary N) is 5. The zero-order chi connectivity index (χ0) is 37.0. The predicted octanol–water partition coefficient (Wildman–Crippen LogP) is 3.94. The van der Waals surface area contributed by atoms with Crippen molar-refractivity contribution in [1.82, 2.24) is 36.1 Å². The SMILES string of the molecule is COc1cc(CNCCCNCCCCNCCCNCc2ccc(O)c(OC)c2)ccc1O.Cl.O=C1NCCc2c1cc(-c1ccncc1)n2CO. The molecule has 14 heteroatoms. The maximum Gasteiger partial charge on any atom is 0.253 e. The quantitative estimate of drug-likeness (QED) is 0.0580. The maximum atomic E-state index is 11.8. The van der Waals surface area contributed by atoms with Crippen LogP contribution in [0.25, 0.3) is 11.3 Å². The fourth-order valence-electron chi connectivity index (χ4n) is 5.92. The van der Waals surface area contributed by atoms with Gasteiger partial charge in [0, 0.05) is 49.7 Å². The molecule has 0 bridgehead atoms. The Hall–Kier alpha value is -4.37. The number of benzene rings is 2. The molecule has 0 radical (unpaired) electrons. The van der Waals surface area contributed by atoms with E-state index in [0.717, 1.165) is 99.7 Å². The molecular formula is C39H56ClN7O6. The third-order valence-electron chi connectivity index (χ3n) is 8.74. The molecule has 1 aliphatic heterocycles. The zero-order valence-corrected chi connectivity index (χ0v) is 31.6. The third kappa shape index (κ3) is 13.8. The lowest BCUT2D eigenvalue weighted by Gasteiger charge is -2.15. The van der Waals surface area contributed by atoms with Gasteiger partial charge in [-0.25, -0.2) is 0 Å². The highest BCUT2D eigenvalue weighted by Crippen LogP contribution is 2.28. The third-order valence-corrected chi connectivity index (χ3v) is 8.74. The first kappa shape index (κ1) is 43.0. The van der Waals surface area contributed by atoms with Crippen LogP contribution in [0, 0.1) is 0 Å². The molecule has 5 rings (SSSR count). The summed E-state index contributed by atoms with van der Waals surface area (Å²) >= 11 is 0. The summed E-state index contributed by atoms with van der Waals surface area (Å²) in [7, 11) is 3.12. The van der Waals surface area contributed by atoms with Crippen molar-refractivity contribution < 1.29 is 29.6 Å². The lowest BCUT2D eigenvalue weighted by atomic mass is 10.1. The number of nitrogens with zero attached hydrogens (tertiary/aromatic N) is 2. The highest BCUT2D eigenvalue weighted by Gasteiger charge is 2.23. The molecule has 0 spiro atoms. The van der Waals surface area contributed by atoms with Gasteiger partial charge in [0.2, 0.25) is 0 Å². The topological polar surface area (TPSA) is 174 Å². The molecule has 2 aromatic heterocycles. The number of pyridine rings is 1. The van der Waals surface area contributed by atoms with Gasteiger partial charge in [0.05, 0.1) is 25.5 Å². The first-order valence-corrected chi connectivity index (χ1v) is 18.0. The van der Waals surface area contributed by atoms with Crippen LogP contribution in [0.4, 0.5) is 0 Å². The van der Waals surface area contributed by atoms with Crippen LogP contribution in [0.2, 0.25) is 0 Å². The minimum absolute atomic E-state index is 0. The molecule has 8 N–H and O–H groups in total. The molecule has 290 valence electrons. The van der Waals surface area contributed by atoms with Crippen molar-refractivity contribution in [3.8, 4) is 34.3 Å². The van der Waals surface area contributed by atoms with E-state index < -0.39 is 0 Å². The number of hydrogen-bond acceptors (Lipinski definition) is 11. The number of amides is 1. The van der Waals surface area contributed by atoms with E-state index in [0.29, 0.717) is 23.6 Å². The van der Waals surface area contributed by atoms with E-state index in [1.165, 1.54) is 12.8 Å². The molecule has 3 heterocycles. The smallest absolute Gasteiger partial charge is 0.253 e. The van der Waals surface area contributed by atoms with Crippen LogP contribution in [-0.4, -0.2) is 90.8 Å². The summed E-state index contributed by atoms with van der Waals surface area (Å²) in [5.74, 6) is 1.30. The number of aromatic nitrogens is 2. The van der Waals surface area contributed by atoms with Gasteiger partial charge in [0.1, 0.15) is 6.73 Å². The van der Waals surface area contributed by atoms with Gasteiger partial charge in [-0.3, -0.25) is 9.78 Å². The van der Waals surface area contributed by atoms with Gasteiger partial charge < -0.3 is 55.9 Å². The largest absolute Gasteiger partial charge is 0.504 e. The van der Waals surface area contributed by atoms with Crippen LogP contribution < -0.4 is 36.1 Å². The average molecular weight is 754 g/mol. The van der Waals surface area contributed by atoms with Crippen LogP contribution in [0.5, 0.6) is 23.0 Å². The Labute approximate surface area is 318 Å². The Morgan fingerprint density at radius 2 is 1.25 bits per heavy atom. The van der Waals surface area contributed by atoms with Crippen molar-refractivity contribution in [2.45, 2.75) is 51.9 Å².